The Labute approximate surface area is 139 Å². The zero-order valence-electron chi connectivity index (χ0n) is 13.4. The first-order valence-corrected chi connectivity index (χ1v) is 7.75. The van der Waals surface area contributed by atoms with Gasteiger partial charge in [-0.3, -0.25) is 4.79 Å². The lowest BCUT2D eigenvalue weighted by atomic mass is 10.0. The molecule has 126 valence electrons. The predicted octanol–water partition coefficient (Wildman–Crippen LogP) is 5.62. The third-order valence-electron chi connectivity index (χ3n) is 3.64. The number of carbonyl (C=O) groups is 1. The summed E-state index contributed by atoms with van der Waals surface area (Å²) >= 11 is 0. The van der Waals surface area contributed by atoms with Crippen molar-refractivity contribution in [3.05, 3.63) is 76.9 Å². The first kappa shape index (κ1) is 18.0. The van der Waals surface area contributed by atoms with Crippen molar-refractivity contribution in [2.45, 2.75) is 32.4 Å². The van der Waals surface area contributed by atoms with Crippen molar-refractivity contribution in [1.82, 2.24) is 0 Å². The molecule has 0 unspecified atom stereocenters. The van der Waals surface area contributed by atoms with Crippen LogP contribution < -0.4 is 0 Å². The molecule has 4 heteroatoms. The molecular weight excluding hydrogens is 313 g/mol. The second kappa shape index (κ2) is 7.95. The molecule has 1 nitrogen and oxygen atoms in total. The monoisotopic (exact) mass is 332 g/mol. The number of allylic oxidation sites excluding steroid dienone is 1. The van der Waals surface area contributed by atoms with Crippen molar-refractivity contribution < 1.29 is 18.0 Å². The van der Waals surface area contributed by atoms with Crippen molar-refractivity contribution in [3.63, 3.8) is 0 Å². The van der Waals surface area contributed by atoms with Crippen LogP contribution in [0.4, 0.5) is 13.2 Å². The van der Waals surface area contributed by atoms with Gasteiger partial charge in [-0.15, -0.1) is 0 Å². The molecule has 0 amide bonds. The third-order valence-corrected chi connectivity index (χ3v) is 3.64. The van der Waals surface area contributed by atoms with Gasteiger partial charge in [0.05, 0.1) is 5.56 Å². The summed E-state index contributed by atoms with van der Waals surface area (Å²) in [6, 6.07) is 13.1. The van der Waals surface area contributed by atoms with Crippen LogP contribution in [0.15, 0.2) is 54.6 Å². The molecule has 0 radical (unpaired) electrons. The molecule has 0 heterocycles. The molecule has 24 heavy (non-hydrogen) atoms. The van der Waals surface area contributed by atoms with Crippen LogP contribution in [-0.4, -0.2) is 5.78 Å². The smallest absolute Gasteiger partial charge is 0.299 e. The molecule has 2 rings (SSSR count). The van der Waals surface area contributed by atoms with Crippen molar-refractivity contribution >= 4 is 11.9 Å². The fourth-order valence-electron chi connectivity index (χ4n) is 2.39. The summed E-state index contributed by atoms with van der Waals surface area (Å²) in [6.45, 7) is 2.00. The lowest BCUT2D eigenvalue weighted by Crippen LogP contribution is -2.06. The van der Waals surface area contributed by atoms with Crippen molar-refractivity contribution in [2.24, 2.45) is 0 Å². The predicted molar refractivity (Wildman–Crippen MR) is 89.6 cm³/mol. The Bertz CT molecular complexity index is 730. The van der Waals surface area contributed by atoms with Gasteiger partial charge in [0, 0.05) is 12.8 Å². The quantitative estimate of drug-likeness (QED) is 0.671. The van der Waals surface area contributed by atoms with E-state index in [1.54, 1.807) is 12.1 Å². The number of Topliss-reactive ketones (excluding diaryl/α,β-unsaturated/α-hetero) is 1. The van der Waals surface area contributed by atoms with Crippen LogP contribution in [0, 0.1) is 6.92 Å². The second-order valence-corrected chi connectivity index (χ2v) is 5.76. The topological polar surface area (TPSA) is 17.1 Å². The highest BCUT2D eigenvalue weighted by Crippen LogP contribution is 2.29. The van der Waals surface area contributed by atoms with Gasteiger partial charge in [0.1, 0.15) is 5.78 Å². The van der Waals surface area contributed by atoms with E-state index in [0.29, 0.717) is 12.0 Å². The Balaban J connectivity index is 1.85. The summed E-state index contributed by atoms with van der Waals surface area (Å²) in [4.78, 5) is 11.9. The van der Waals surface area contributed by atoms with E-state index in [1.807, 2.05) is 37.3 Å². The van der Waals surface area contributed by atoms with Crippen molar-refractivity contribution in [3.8, 4) is 0 Å². The van der Waals surface area contributed by atoms with Crippen molar-refractivity contribution in [1.29, 1.82) is 0 Å². The van der Waals surface area contributed by atoms with Gasteiger partial charge >= 0.3 is 6.18 Å². The summed E-state index contributed by atoms with van der Waals surface area (Å²) in [5, 5.41) is 0. The van der Waals surface area contributed by atoms with Crippen LogP contribution >= 0.6 is 0 Å². The molecule has 0 saturated heterocycles. The normalized spacial score (nSPS) is 11.8. The van der Waals surface area contributed by atoms with E-state index < -0.39 is 11.7 Å². The first-order chi connectivity index (χ1) is 11.3. The van der Waals surface area contributed by atoms with Crippen LogP contribution in [0.1, 0.15) is 35.1 Å². The highest BCUT2D eigenvalue weighted by Gasteiger charge is 2.30. The average molecular weight is 332 g/mol. The molecule has 2 aromatic carbocycles. The highest BCUT2D eigenvalue weighted by molar-refractivity contribution is 5.81. The summed E-state index contributed by atoms with van der Waals surface area (Å²) in [5.74, 6) is 0.0105. The number of ketones is 1. The number of alkyl halides is 3. The number of rotatable bonds is 6. The number of carbonyl (C=O) groups excluding carboxylic acids is 1. The van der Waals surface area contributed by atoms with Crippen LogP contribution in [0.3, 0.4) is 0 Å². The Morgan fingerprint density at radius 3 is 2.54 bits per heavy atom. The van der Waals surface area contributed by atoms with Crippen LogP contribution in [0.5, 0.6) is 0 Å². The molecule has 0 N–H and O–H groups in total. The zero-order chi connectivity index (χ0) is 17.6. The minimum absolute atomic E-state index is 0.0105. The number of hydrogen-bond acceptors (Lipinski definition) is 1. The van der Waals surface area contributed by atoms with Gasteiger partial charge < -0.3 is 0 Å². The first-order valence-electron chi connectivity index (χ1n) is 7.75. The number of halogens is 3. The zero-order valence-corrected chi connectivity index (χ0v) is 13.4. The molecule has 0 atom stereocenters. The Kier molecular flexibility index (Phi) is 5.96. The minimum Gasteiger partial charge on any atom is -0.299 e. The largest absolute Gasteiger partial charge is 0.416 e. The van der Waals surface area contributed by atoms with E-state index in [9.17, 15) is 18.0 Å². The molecule has 0 aromatic heterocycles. The summed E-state index contributed by atoms with van der Waals surface area (Å²) in [5.41, 5.74) is 2.03. The van der Waals surface area contributed by atoms with E-state index in [-0.39, 0.29) is 18.6 Å². The Morgan fingerprint density at radius 2 is 1.83 bits per heavy atom. The summed E-state index contributed by atoms with van der Waals surface area (Å²) < 4.78 is 37.9. The molecule has 0 fully saturated rings. The van der Waals surface area contributed by atoms with Gasteiger partial charge in [-0.2, -0.15) is 13.2 Å². The van der Waals surface area contributed by atoms with E-state index in [2.05, 4.69) is 0 Å². The molecule has 0 aliphatic carbocycles. The molecule has 0 bridgehead atoms. The number of benzene rings is 2. The molecule has 0 aliphatic rings. The molecule has 0 aliphatic heterocycles. The maximum absolute atomic E-state index is 12.6. The fourth-order valence-corrected chi connectivity index (χ4v) is 2.39. The SMILES string of the molecule is Cc1cccc(/C=C/CC(=O)CCc2cccc(C(F)(F)F)c2)c1. The number of aryl methyl sites for hydroxylation is 2. The van der Waals surface area contributed by atoms with Crippen molar-refractivity contribution in [2.75, 3.05) is 0 Å². The average Bonchev–Trinajstić information content (AvgIpc) is 2.52. The van der Waals surface area contributed by atoms with E-state index in [1.165, 1.54) is 6.07 Å². The van der Waals surface area contributed by atoms with Crippen LogP contribution in [-0.2, 0) is 17.4 Å². The van der Waals surface area contributed by atoms with Crippen LogP contribution in [0.2, 0.25) is 0 Å². The van der Waals surface area contributed by atoms with Gasteiger partial charge in [0.15, 0.2) is 0 Å². The lowest BCUT2D eigenvalue weighted by molar-refractivity contribution is -0.137. The number of hydrogen-bond donors (Lipinski definition) is 0. The van der Waals surface area contributed by atoms with Gasteiger partial charge in [0.25, 0.3) is 0 Å². The van der Waals surface area contributed by atoms with E-state index in [0.717, 1.165) is 23.3 Å². The Morgan fingerprint density at radius 1 is 1.08 bits per heavy atom. The second-order valence-electron chi connectivity index (χ2n) is 5.76. The van der Waals surface area contributed by atoms with E-state index in [4.69, 9.17) is 0 Å². The Hall–Kier alpha value is -2.36. The summed E-state index contributed by atoms with van der Waals surface area (Å²) in [7, 11) is 0. The maximum Gasteiger partial charge on any atom is 0.416 e. The third kappa shape index (κ3) is 5.69. The molecule has 2 aromatic rings. The molecular formula is C20H19F3O. The standard InChI is InChI=1S/C20H19F3O/c1-15-5-2-6-16(13-15)8-4-10-19(24)12-11-17-7-3-9-18(14-17)20(21,22)23/h2-9,13-14H,10-12H2,1H3/b8-4+. The summed E-state index contributed by atoms with van der Waals surface area (Å²) in [6.07, 6.45) is 0.169. The minimum atomic E-state index is -4.35. The lowest BCUT2D eigenvalue weighted by Gasteiger charge is -2.08. The van der Waals surface area contributed by atoms with Gasteiger partial charge in [-0.05, 0) is 30.5 Å². The van der Waals surface area contributed by atoms with Gasteiger partial charge in [-0.25, -0.2) is 0 Å². The van der Waals surface area contributed by atoms with E-state index >= 15 is 0 Å². The fraction of sp³-hybridized carbons (Fsp3) is 0.250. The van der Waals surface area contributed by atoms with Gasteiger partial charge in [-0.1, -0.05) is 60.2 Å². The van der Waals surface area contributed by atoms with Crippen LogP contribution in [0.25, 0.3) is 6.08 Å². The molecule has 0 spiro atoms. The highest BCUT2D eigenvalue weighted by atomic mass is 19.4. The maximum atomic E-state index is 12.6. The molecule has 0 saturated carbocycles. The van der Waals surface area contributed by atoms with Gasteiger partial charge in [0.2, 0.25) is 0 Å².